The van der Waals surface area contributed by atoms with Crippen LogP contribution in [0.15, 0.2) is 42.5 Å². The molecule has 0 aliphatic carbocycles. The number of hydrogen-bond donors (Lipinski definition) is 1. The molecule has 112 valence electrons. The van der Waals surface area contributed by atoms with Crippen LogP contribution in [0.5, 0.6) is 0 Å². The fourth-order valence-corrected chi connectivity index (χ4v) is 2.51. The van der Waals surface area contributed by atoms with Gasteiger partial charge in [0.05, 0.1) is 5.02 Å². The Labute approximate surface area is 130 Å². The van der Waals surface area contributed by atoms with Crippen LogP contribution in [0.4, 0.5) is 10.1 Å². The summed E-state index contributed by atoms with van der Waals surface area (Å²) in [5, 5.41) is 3.48. The van der Waals surface area contributed by atoms with E-state index in [0.29, 0.717) is 0 Å². The molecule has 2 aromatic rings. The summed E-state index contributed by atoms with van der Waals surface area (Å²) >= 11 is 5.85. The van der Waals surface area contributed by atoms with Gasteiger partial charge in [-0.05, 0) is 48.9 Å². The summed E-state index contributed by atoms with van der Waals surface area (Å²) in [6.07, 6.45) is 0.757. The van der Waals surface area contributed by atoms with Crippen molar-refractivity contribution in [3.8, 4) is 0 Å². The van der Waals surface area contributed by atoms with Crippen LogP contribution >= 0.6 is 11.6 Å². The number of benzene rings is 2. The van der Waals surface area contributed by atoms with E-state index in [1.807, 2.05) is 27.2 Å². The Morgan fingerprint density at radius 1 is 1.19 bits per heavy atom. The number of nitrogens with one attached hydrogen (secondary N) is 1. The van der Waals surface area contributed by atoms with Gasteiger partial charge in [-0.1, -0.05) is 29.8 Å². The summed E-state index contributed by atoms with van der Waals surface area (Å²) in [4.78, 5) is 2.07. The molecule has 2 rings (SSSR count). The largest absolute Gasteiger partial charge is 0.378 e. The van der Waals surface area contributed by atoms with Crippen LogP contribution in [0, 0.1) is 5.82 Å². The van der Waals surface area contributed by atoms with Crippen molar-refractivity contribution in [3.63, 3.8) is 0 Å². The molecule has 0 aliphatic heterocycles. The van der Waals surface area contributed by atoms with Gasteiger partial charge in [-0.25, -0.2) is 4.39 Å². The molecule has 0 amide bonds. The third-order valence-corrected chi connectivity index (χ3v) is 3.85. The van der Waals surface area contributed by atoms with Gasteiger partial charge in [-0.15, -0.1) is 0 Å². The number of likely N-dealkylation sites (N-methyl/N-ethyl adjacent to an activating group) is 1. The highest BCUT2D eigenvalue weighted by molar-refractivity contribution is 6.30. The zero-order valence-corrected chi connectivity index (χ0v) is 13.3. The van der Waals surface area contributed by atoms with Crippen molar-refractivity contribution >= 4 is 17.3 Å². The van der Waals surface area contributed by atoms with Crippen LogP contribution in [0.3, 0.4) is 0 Å². The molecule has 0 fully saturated rings. The number of anilines is 1. The van der Waals surface area contributed by atoms with E-state index in [2.05, 4.69) is 28.4 Å². The summed E-state index contributed by atoms with van der Waals surface area (Å²) in [7, 11) is 5.97. The lowest BCUT2D eigenvalue weighted by Crippen LogP contribution is -2.19. The van der Waals surface area contributed by atoms with Crippen molar-refractivity contribution in [2.45, 2.75) is 12.5 Å². The number of nitrogens with zero attached hydrogens (tertiary/aromatic N) is 1. The SMILES string of the molecule is CNC(Cc1ccc(F)c(Cl)c1)c1cccc(N(C)C)c1. The van der Waals surface area contributed by atoms with Gasteiger partial charge in [0, 0.05) is 25.8 Å². The lowest BCUT2D eigenvalue weighted by Gasteiger charge is -2.20. The second-order valence-electron chi connectivity index (χ2n) is 5.28. The summed E-state index contributed by atoms with van der Waals surface area (Å²) in [6.45, 7) is 0. The summed E-state index contributed by atoms with van der Waals surface area (Å²) < 4.78 is 13.2. The summed E-state index contributed by atoms with van der Waals surface area (Å²) in [6, 6.07) is 13.4. The highest BCUT2D eigenvalue weighted by Crippen LogP contribution is 2.24. The molecule has 2 nitrogen and oxygen atoms in total. The van der Waals surface area contributed by atoms with Gasteiger partial charge < -0.3 is 10.2 Å². The normalized spacial score (nSPS) is 12.2. The zero-order chi connectivity index (χ0) is 15.4. The van der Waals surface area contributed by atoms with E-state index in [0.717, 1.165) is 17.7 Å². The lowest BCUT2D eigenvalue weighted by molar-refractivity contribution is 0.589. The van der Waals surface area contributed by atoms with E-state index < -0.39 is 0 Å². The monoisotopic (exact) mass is 306 g/mol. The molecule has 0 heterocycles. The number of halogens is 2. The molecule has 0 saturated heterocycles. The Bertz CT molecular complexity index is 613. The van der Waals surface area contributed by atoms with E-state index in [-0.39, 0.29) is 16.9 Å². The van der Waals surface area contributed by atoms with Crippen LogP contribution in [-0.4, -0.2) is 21.1 Å². The smallest absolute Gasteiger partial charge is 0.141 e. The van der Waals surface area contributed by atoms with E-state index >= 15 is 0 Å². The molecule has 0 spiro atoms. The van der Waals surface area contributed by atoms with E-state index in [1.54, 1.807) is 12.1 Å². The fourth-order valence-electron chi connectivity index (χ4n) is 2.31. The molecule has 21 heavy (non-hydrogen) atoms. The molecule has 0 bridgehead atoms. The standard InChI is InChI=1S/C17H20ClFN2/c1-20-17(10-12-7-8-16(19)15(18)9-12)13-5-4-6-14(11-13)21(2)3/h4-9,11,17,20H,10H2,1-3H3. The minimum atomic E-state index is -0.379. The van der Waals surface area contributed by atoms with Crippen molar-refractivity contribution in [1.82, 2.24) is 5.32 Å². The van der Waals surface area contributed by atoms with Gasteiger partial charge in [0.15, 0.2) is 0 Å². The van der Waals surface area contributed by atoms with Crippen LogP contribution in [-0.2, 0) is 6.42 Å². The third kappa shape index (κ3) is 3.96. The van der Waals surface area contributed by atoms with Crippen LogP contribution in [0.1, 0.15) is 17.2 Å². The summed E-state index contributed by atoms with van der Waals surface area (Å²) in [5.41, 5.74) is 3.37. The quantitative estimate of drug-likeness (QED) is 0.896. The highest BCUT2D eigenvalue weighted by atomic mass is 35.5. The predicted molar refractivity (Wildman–Crippen MR) is 87.7 cm³/mol. The molecule has 0 radical (unpaired) electrons. The molecular weight excluding hydrogens is 287 g/mol. The van der Waals surface area contributed by atoms with Crippen molar-refractivity contribution in [2.75, 3.05) is 26.0 Å². The van der Waals surface area contributed by atoms with Crippen LogP contribution < -0.4 is 10.2 Å². The maximum absolute atomic E-state index is 13.2. The Hall–Kier alpha value is -1.58. The van der Waals surface area contributed by atoms with Gasteiger partial charge in [-0.2, -0.15) is 0 Å². The first-order valence-electron chi connectivity index (χ1n) is 6.89. The molecule has 4 heteroatoms. The maximum Gasteiger partial charge on any atom is 0.141 e. The Kier molecular flexibility index (Phi) is 5.21. The Balaban J connectivity index is 2.23. The lowest BCUT2D eigenvalue weighted by atomic mass is 9.98. The van der Waals surface area contributed by atoms with Crippen LogP contribution in [0.25, 0.3) is 0 Å². The topological polar surface area (TPSA) is 15.3 Å². The van der Waals surface area contributed by atoms with Crippen molar-refractivity contribution in [1.29, 1.82) is 0 Å². The predicted octanol–water partition coefficient (Wildman–Crippen LogP) is 4.05. The Morgan fingerprint density at radius 3 is 2.57 bits per heavy atom. The van der Waals surface area contributed by atoms with Crippen LogP contribution in [0.2, 0.25) is 5.02 Å². The van der Waals surface area contributed by atoms with E-state index in [9.17, 15) is 4.39 Å². The highest BCUT2D eigenvalue weighted by Gasteiger charge is 2.12. The zero-order valence-electron chi connectivity index (χ0n) is 12.5. The second-order valence-corrected chi connectivity index (χ2v) is 5.69. The number of rotatable bonds is 5. The molecule has 0 aliphatic rings. The fraction of sp³-hybridized carbons (Fsp3) is 0.294. The first-order valence-corrected chi connectivity index (χ1v) is 7.27. The molecule has 1 N–H and O–H groups in total. The van der Waals surface area contributed by atoms with E-state index in [1.165, 1.54) is 11.6 Å². The maximum atomic E-state index is 13.2. The molecular formula is C17H20ClFN2. The minimum absolute atomic E-state index is 0.159. The Morgan fingerprint density at radius 2 is 1.95 bits per heavy atom. The van der Waals surface area contributed by atoms with Crippen molar-refractivity contribution in [3.05, 3.63) is 64.4 Å². The molecule has 1 atom stereocenters. The average molecular weight is 307 g/mol. The van der Waals surface area contributed by atoms with Gasteiger partial charge in [0.25, 0.3) is 0 Å². The van der Waals surface area contributed by atoms with Crippen molar-refractivity contribution < 1.29 is 4.39 Å². The molecule has 0 saturated carbocycles. The van der Waals surface area contributed by atoms with E-state index in [4.69, 9.17) is 11.6 Å². The molecule has 0 aromatic heterocycles. The first kappa shape index (κ1) is 15.8. The first-order chi connectivity index (χ1) is 10.0. The molecule has 1 unspecified atom stereocenters. The van der Waals surface area contributed by atoms with Crippen molar-refractivity contribution in [2.24, 2.45) is 0 Å². The van der Waals surface area contributed by atoms with Gasteiger partial charge in [0.1, 0.15) is 5.82 Å². The third-order valence-electron chi connectivity index (χ3n) is 3.56. The average Bonchev–Trinajstić information content (AvgIpc) is 2.48. The molecule has 2 aromatic carbocycles. The second kappa shape index (κ2) is 6.92. The van der Waals surface area contributed by atoms with Gasteiger partial charge in [0.2, 0.25) is 0 Å². The number of hydrogen-bond acceptors (Lipinski definition) is 2. The summed E-state index contributed by atoms with van der Waals surface area (Å²) in [5.74, 6) is -0.379. The van der Waals surface area contributed by atoms with Gasteiger partial charge >= 0.3 is 0 Å². The minimum Gasteiger partial charge on any atom is -0.378 e. The van der Waals surface area contributed by atoms with Gasteiger partial charge in [-0.3, -0.25) is 0 Å².